The molecule has 3 rings (SSSR count). The molecule has 0 aliphatic carbocycles. The third kappa shape index (κ3) is 2.47. The van der Waals surface area contributed by atoms with Gasteiger partial charge in [-0.15, -0.1) is 0 Å². The second-order valence-electron chi connectivity index (χ2n) is 4.57. The summed E-state index contributed by atoms with van der Waals surface area (Å²) < 4.78 is 10.1. The number of fused-ring (bicyclic) bond motifs is 1. The standard InChI is InChI=1S/2C7H8N2.Ni/c2*1-5-2-3-6(8)7(9)4-5;/h2*2-4,8-9H,1H3;/q-2;-1;+3. The molecule has 1 aliphatic rings. The molecular formula is C14H16N4Ni. The van der Waals surface area contributed by atoms with Gasteiger partial charge in [0.15, 0.2) is 0 Å². The quantitative estimate of drug-likeness (QED) is 0.743. The summed E-state index contributed by atoms with van der Waals surface area (Å²) in [4.78, 5) is 0. The van der Waals surface area contributed by atoms with Crippen molar-refractivity contribution in [1.82, 2.24) is 5.73 Å². The Bertz CT molecular complexity index is 627. The van der Waals surface area contributed by atoms with Gasteiger partial charge in [0, 0.05) is 0 Å². The molecule has 0 saturated carbocycles. The molecule has 19 heavy (non-hydrogen) atoms. The molecule has 102 valence electrons. The van der Waals surface area contributed by atoms with Crippen LogP contribution in [0.15, 0.2) is 36.4 Å². The molecule has 0 unspecified atom stereocenters. The zero-order valence-corrected chi connectivity index (χ0v) is 11.8. The van der Waals surface area contributed by atoms with Crippen molar-refractivity contribution in [2.24, 2.45) is 0 Å². The zero-order valence-electron chi connectivity index (χ0n) is 10.8. The van der Waals surface area contributed by atoms with Crippen molar-refractivity contribution in [2.45, 2.75) is 13.8 Å². The van der Waals surface area contributed by atoms with Crippen molar-refractivity contribution >= 4 is 22.7 Å². The van der Waals surface area contributed by atoms with Gasteiger partial charge in [-0.3, -0.25) is 0 Å². The summed E-state index contributed by atoms with van der Waals surface area (Å²) in [6, 6.07) is 12.1. The maximum atomic E-state index is 7.96. The SMILES string of the molecule is Cc1ccc([NH][Ni]2[NH]c3ccc(C)cc3[NH]2)c([NH])c1. The van der Waals surface area contributed by atoms with E-state index in [9.17, 15) is 0 Å². The van der Waals surface area contributed by atoms with E-state index in [1.807, 2.05) is 25.1 Å². The first-order valence-electron chi connectivity index (χ1n) is 5.95. The average Bonchev–Trinajstić information content (AvgIpc) is 2.74. The maximum absolute atomic E-state index is 7.96. The van der Waals surface area contributed by atoms with Gasteiger partial charge in [0.2, 0.25) is 0 Å². The molecule has 0 atom stereocenters. The van der Waals surface area contributed by atoms with Crippen LogP contribution in [0.25, 0.3) is 0 Å². The first kappa shape index (κ1) is 12.2. The van der Waals surface area contributed by atoms with Crippen molar-refractivity contribution in [3.05, 3.63) is 47.5 Å². The Labute approximate surface area is 117 Å². The second kappa shape index (κ2) is 4.67. The number of hydrogen-bond acceptors (Lipinski definition) is 3. The Kier molecular flexibility index (Phi) is 2.99. The second-order valence-corrected chi connectivity index (χ2v) is 6.05. The van der Waals surface area contributed by atoms with E-state index in [-0.39, 0.29) is 0 Å². The number of aryl methyl sites for hydroxylation is 2. The summed E-state index contributed by atoms with van der Waals surface area (Å²) in [6.45, 7) is 4.07. The molecule has 1 radical (unpaired) electrons. The Morgan fingerprint density at radius 3 is 2.42 bits per heavy atom. The van der Waals surface area contributed by atoms with Gasteiger partial charge in [-0.25, -0.2) is 0 Å². The van der Waals surface area contributed by atoms with E-state index in [0.717, 1.165) is 22.6 Å². The van der Waals surface area contributed by atoms with Crippen molar-refractivity contribution in [1.29, 1.82) is 0 Å². The predicted molar refractivity (Wildman–Crippen MR) is 76.0 cm³/mol. The van der Waals surface area contributed by atoms with Gasteiger partial charge in [-0.1, -0.05) is 0 Å². The molecule has 0 saturated heterocycles. The van der Waals surface area contributed by atoms with E-state index in [0.29, 0.717) is 5.69 Å². The zero-order chi connectivity index (χ0) is 13.4. The van der Waals surface area contributed by atoms with Crippen LogP contribution in [-0.2, 0) is 14.1 Å². The molecule has 1 aliphatic heterocycles. The van der Waals surface area contributed by atoms with E-state index >= 15 is 0 Å². The van der Waals surface area contributed by atoms with Crippen LogP contribution in [-0.4, -0.2) is 0 Å². The minimum atomic E-state index is -0.515. The van der Waals surface area contributed by atoms with Crippen LogP contribution < -0.4 is 18.9 Å². The van der Waals surface area contributed by atoms with Gasteiger partial charge >= 0.3 is 117 Å². The Hall–Kier alpha value is -1.87. The molecule has 0 aromatic heterocycles. The fourth-order valence-electron chi connectivity index (χ4n) is 1.83. The van der Waals surface area contributed by atoms with E-state index in [1.54, 1.807) is 0 Å². The van der Waals surface area contributed by atoms with Crippen LogP contribution in [0.1, 0.15) is 11.1 Å². The molecule has 0 bridgehead atoms. The van der Waals surface area contributed by atoms with Crippen molar-refractivity contribution in [2.75, 3.05) is 13.2 Å². The number of rotatable bonds is 2. The third-order valence-electron chi connectivity index (χ3n) is 2.84. The minimum absolute atomic E-state index is 0.515. The van der Waals surface area contributed by atoms with Crippen LogP contribution in [0.3, 0.4) is 0 Å². The number of anilines is 3. The molecule has 4 N–H and O–H groups in total. The number of benzene rings is 2. The monoisotopic (exact) mass is 298 g/mol. The first-order valence-corrected chi connectivity index (χ1v) is 7.43. The van der Waals surface area contributed by atoms with Gasteiger partial charge in [-0.05, 0) is 0 Å². The molecule has 1 heterocycles. The van der Waals surface area contributed by atoms with Gasteiger partial charge < -0.3 is 0 Å². The van der Waals surface area contributed by atoms with Crippen molar-refractivity contribution < 1.29 is 14.1 Å². The summed E-state index contributed by atoms with van der Waals surface area (Å²) >= 11 is -0.515. The molecule has 0 spiro atoms. The Morgan fingerprint density at radius 1 is 0.947 bits per heavy atom. The summed E-state index contributed by atoms with van der Waals surface area (Å²) in [6.07, 6.45) is 0. The Morgan fingerprint density at radius 2 is 1.63 bits per heavy atom. The topological polar surface area (TPSA) is 59.9 Å². The molecule has 2 aromatic carbocycles. The van der Waals surface area contributed by atoms with Crippen LogP contribution in [0, 0.1) is 13.8 Å². The average molecular weight is 299 g/mol. The van der Waals surface area contributed by atoms with E-state index in [2.05, 4.69) is 38.3 Å². The fraction of sp³-hybridized carbons (Fsp3) is 0.143. The first-order chi connectivity index (χ1) is 9.11. The summed E-state index contributed by atoms with van der Waals surface area (Å²) in [7, 11) is 0. The van der Waals surface area contributed by atoms with Crippen LogP contribution >= 0.6 is 0 Å². The fourth-order valence-corrected chi connectivity index (χ4v) is 3.45. The molecule has 4 nitrogen and oxygen atoms in total. The van der Waals surface area contributed by atoms with Crippen LogP contribution in [0.2, 0.25) is 0 Å². The molecule has 2 aromatic rings. The summed E-state index contributed by atoms with van der Waals surface area (Å²) in [5.74, 6) is 0. The van der Waals surface area contributed by atoms with Crippen molar-refractivity contribution in [3.8, 4) is 0 Å². The summed E-state index contributed by atoms with van der Waals surface area (Å²) in [5.41, 5.74) is 13.9. The molecule has 5 heteroatoms. The van der Waals surface area contributed by atoms with Gasteiger partial charge in [0.1, 0.15) is 0 Å². The van der Waals surface area contributed by atoms with Gasteiger partial charge in [-0.2, -0.15) is 0 Å². The Balaban J connectivity index is 1.77. The van der Waals surface area contributed by atoms with Gasteiger partial charge in [0.25, 0.3) is 0 Å². The molecule has 0 amide bonds. The molecular weight excluding hydrogens is 283 g/mol. The number of nitrogens with one attached hydrogen (secondary N) is 4. The normalized spacial score (nSPS) is 14.5. The van der Waals surface area contributed by atoms with Crippen LogP contribution in [0.4, 0.5) is 22.7 Å². The number of hydrogen-bond donors (Lipinski definition) is 3. The van der Waals surface area contributed by atoms with Crippen molar-refractivity contribution in [3.63, 3.8) is 0 Å². The van der Waals surface area contributed by atoms with Crippen LogP contribution in [0.5, 0.6) is 0 Å². The summed E-state index contributed by atoms with van der Waals surface area (Å²) in [5, 5.41) is 0. The predicted octanol–water partition coefficient (Wildman–Crippen LogP) is 3.53. The third-order valence-corrected chi connectivity index (χ3v) is 4.38. The van der Waals surface area contributed by atoms with E-state index in [1.165, 1.54) is 5.56 Å². The molecule has 0 fully saturated rings. The van der Waals surface area contributed by atoms with Gasteiger partial charge in [0.05, 0.1) is 0 Å². The van der Waals surface area contributed by atoms with E-state index in [4.69, 9.17) is 5.73 Å². The van der Waals surface area contributed by atoms with E-state index < -0.39 is 14.1 Å².